The number of nitrogens with one attached hydrogen (secondary N) is 1. The maximum atomic E-state index is 5.93. The van der Waals surface area contributed by atoms with E-state index in [1.165, 1.54) is 11.1 Å². The van der Waals surface area contributed by atoms with E-state index in [9.17, 15) is 0 Å². The molecule has 132 valence electrons. The van der Waals surface area contributed by atoms with Gasteiger partial charge in [-0.15, -0.1) is 24.0 Å². The highest BCUT2D eigenvalue weighted by molar-refractivity contribution is 14.0. The molecule has 24 heavy (non-hydrogen) atoms. The molecule has 0 aliphatic rings. The van der Waals surface area contributed by atoms with E-state index in [-0.39, 0.29) is 24.0 Å². The van der Waals surface area contributed by atoms with Gasteiger partial charge in [-0.05, 0) is 37.1 Å². The maximum Gasteiger partial charge on any atom is 0.194 e. The lowest BCUT2D eigenvalue weighted by atomic mass is 10.2. The van der Waals surface area contributed by atoms with Gasteiger partial charge in [-0.1, -0.05) is 23.7 Å². The van der Waals surface area contributed by atoms with Crippen molar-refractivity contribution in [2.75, 3.05) is 20.1 Å². The van der Waals surface area contributed by atoms with Crippen molar-refractivity contribution in [1.82, 2.24) is 20.0 Å². The molecular formula is C17H25ClIN5. The average Bonchev–Trinajstić information content (AvgIpc) is 2.94. The Morgan fingerprint density at radius 2 is 2.04 bits per heavy atom. The highest BCUT2D eigenvalue weighted by atomic mass is 127. The molecule has 0 bridgehead atoms. The molecule has 1 aromatic heterocycles. The third kappa shape index (κ3) is 6.68. The lowest BCUT2D eigenvalue weighted by Crippen LogP contribution is -2.38. The summed E-state index contributed by atoms with van der Waals surface area (Å²) in [5.41, 5.74) is 2.37. The van der Waals surface area contributed by atoms with Crippen molar-refractivity contribution in [3.63, 3.8) is 0 Å². The van der Waals surface area contributed by atoms with Crippen molar-refractivity contribution < 1.29 is 0 Å². The molecule has 5 nitrogen and oxygen atoms in total. The van der Waals surface area contributed by atoms with Crippen molar-refractivity contribution in [2.45, 2.75) is 26.9 Å². The summed E-state index contributed by atoms with van der Waals surface area (Å²) in [7, 11) is 2.04. The molecule has 0 saturated heterocycles. The van der Waals surface area contributed by atoms with Gasteiger partial charge in [0.1, 0.15) is 0 Å². The van der Waals surface area contributed by atoms with Gasteiger partial charge in [0.05, 0.1) is 19.3 Å². The predicted octanol–water partition coefficient (Wildman–Crippen LogP) is 3.56. The lowest BCUT2D eigenvalue weighted by molar-refractivity contribution is 0.475. The Hall–Kier alpha value is -1.28. The van der Waals surface area contributed by atoms with E-state index in [4.69, 9.17) is 11.6 Å². The minimum atomic E-state index is 0. The van der Waals surface area contributed by atoms with Crippen LogP contribution in [-0.4, -0.2) is 40.8 Å². The van der Waals surface area contributed by atoms with E-state index in [0.29, 0.717) is 6.54 Å². The lowest BCUT2D eigenvalue weighted by Gasteiger charge is -2.22. The number of aliphatic imine (C=N–C) groups is 1. The van der Waals surface area contributed by atoms with Gasteiger partial charge in [0, 0.05) is 31.4 Å². The summed E-state index contributed by atoms with van der Waals surface area (Å²) in [6, 6.07) is 7.90. The fourth-order valence-electron chi connectivity index (χ4n) is 2.26. The van der Waals surface area contributed by atoms with Crippen molar-refractivity contribution in [1.29, 1.82) is 0 Å². The van der Waals surface area contributed by atoms with Crippen LogP contribution < -0.4 is 5.32 Å². The summed E-state index contributed by atoms with van der Waals surface area (Å²) in [5, 5.41) is 8.36. The van der Waals surface area contributed by atoms with Crippen LogP contribution in [0.25, 0.3) is 0 Å². The van der Waals surface area contributed by atoms with Crippen molar-refractivity contribution in [3.8, 4) is 0 Å². The minimum Gasteiger partial charge on any atom is -0.357 e. The van der Waals surface area contributed by atoms with Gasteiger partial charge in [0.15, 0.2) is 5.96 Å². The first-order chi connectivity index (χ1) is 11.1. The van der Waals surface area contributed by atoms with Crippen LogP contribution in [0.5, 0.6) is 0 Å². The second kappa shape index (κ2) is 10.6. The summed E-state index contributed by atoms with van der Waals surface area (Å²) < 4.78 is 1.92. The van der Waals surface area contributed by atoms with Gasteiger partial charge in [-0.25, -0.2) is 0 Å². The number of aromatic nitrogens is 2. The molecule has 1 N–H and O–H groups in total. The summed E-state index contributed by atoms with van der Waals surface area (Å²) >= 11 is 5.93. The number of aryl methyl sites for hydroxylation is 1. The van der Waals surface area contributed by atoms with Gasteiger partial charge < -0.3 is 10.2 Å². The number of hydrogen-bond donors (Lipinski definition) is 1. The summed E-state index contributed by atoms with van der Waals surface area (Å²) in [5.74, 6) is 0.895. The first-order valence-corrected chi connectivity index (χ1v) is 8.19. The third-order valence-corrected chi connectivity index (χ3v) is 3.63. The molecule has 0 spiro atoms. The van der Waals surface area contributed by atoms with E-state index < -0.39 is 0 Å². The quantitative estimate of drug-likeness (QED) is 0.406. The zero-order valence-electron chi connectivity index (χ0n) is 14.4. The van der Waals surface area contributed by atoms with E-state index in [1.54, 1.807) is 0 Å². The predicted molar refractivity (Wildman–Crippen MR) is 111 cm³/mol. The first kappa shape index (κ1) is 20.8. The van der Waals surface area contributed by atoms with Crippen molar-refractivity contribution in [2.24, 2.45) is 4.99 Å². The molecule has 0 saturated carbocycles. The molecule has 0 atom stereocenters. The van der Waals surface area contributed by atoms with E-state index in [1.807, 2.05) is 55.3 Å². The topological polar surface area (TPSA) is 45.5 Å². The van der Waals surface area contributed by atoms with Crippen LogP contribution >= 0.6 is 35.6 Å². The number of benzene rings is 1. The van der Waals surface area contributed by atoms with Crippen LogP contribution in [0.4, 0.5) is 0 Å². The Balaban J connectivity index is 0.00000288. The number of rotatable bonds is 6. The standard InChI is InChI=1S/C17H24ClN5.HI/c1-4-19-17(20-9-10-23-12-14(2)11-21-23)22(3)13-15-5-7-16(18)8-6-15;/h5-8,11-12H,4,9-10,13H2,1-3H3,(H,19,20);1H. The zero-order chi connectivity index (χ0) is 16.7. The Labute approximate surface area is 166 Å². The van der Waals surface area contributed by atoms with Gasteiger partial charge in [-0.2, -0.15) is 5.10 Å². The van der Waals surface area contributed by atoms with E-state index in [2.05, 4.69) is 27.2 Å². The number of hydrogen-bond acceptors (Lipinski definition) is 2. The summed E-state index contributed by atoms with van der Waals surface area (Å²) in [6.07, 6.45) is 3.89. The number of nitrogens with zero attached hydrogens (tertiary/aromatic N) is 4. The normalized spacial score (nSPS) is 11.1. The average molecular weight is 462 g/mol. The molecule has 0 aliphatic heterocycles. The van der Waals surface area contributed by atoms with Crippen LogP contribution in [-0.2, 0) is 13.1 Å². The molecular weight excluding hydrogens is 437 g/mol. The highest BCUT2D eigenvalue weighted by Crippen LogP contribution is 2.11. The molecule has 1 heterocycles. The minimum absolute atomic E-state index is 0. The summed E-state index contributed by atoms with van der Waals surface area (Å²) in [6.45, 7) is 7.19. The van der Waals surface area contributed by atoms with Crippen LogP contribution in [0.1, 0.15) is 18.1 Å². The third-order valence-electron chi connectivity index (χ3n) is 3.38. The molecule has 0 amide bonds. The zero-order valence-corrected chi connectivity index (χ0v) is 17.5. The number of guanidine groups is 1. The molecule has 0 radical (unpaired) electrons. The SMILES string of the molecule is CCNC(=NCCn1cc(C)cn1)N(C)Cc1ccc(Cl)cc1.I. The highest BCUT2D eigenvalue weighted by Gasteiger charge is 2.06. The van der Waals surface area contributed by atoms with Crippen molar-refractivity contribution in [3.05, 3.63) is 52.8 Å². The molecule has 2 aromatic rings. The van der Waals surface area contributed by atoms with Gasteiger partial charge >= 0.3 is 0 Å². The van der Waals surface area contributed by atoms with E-state index >= 15 is 0 Å². The van der Waals surface area contributed by atoms with Gasteiger partial charge in [0.2, 0.25) is 0 Å². The maximum absolute atomic E-state index is 5.93. The van der Waals surface area contributed by atoms with Gasteiger partial charge in [0.25, 0.3) is 0 Å². The molecule has 0 fully saturated rings. The smallest absolute Gasteiger partial charge is 0.194 e. The summed E-state index contributed by atoms with van der Waals surface area (Å²) in [4.78, 5) is 6.79. The Bertz CT molecular complexity index is 639. The number of halogens is 2. The Morgan fingerprint density at radius 1 is 1.33 bits per heavy atom. The molecule has 2 rings (SSSR count). The van der Waals surface area contributed by atoms with Gasteiger partial charge in [-0.3, -0.25) is 9.67 Å². The second-order valence-electron chi connectivity index (χ2n) is 5.50. The van der Waals surface area contributed by atoms with Crippen LogP contribution in [0.3, 0.4) is 0 Å². The Kier molecular flexibility index (Phi) is 9.13. The largest absolute Gasteiger partial charge is 0.357 e. The first-order valence-electron chi connectivity index (χ1n) is 7.81. The van der Waals surface area contributed by atoms with E-state index in [0.717, 1.165) is 30.6 Å². The molecule has 0 aliphatic carbocycles. The molecule has 1 aromatic carbocycles. The molecule has 0 unspecified atom stereocenters. The Morgan fingerprint density at radius 3 is 2.62 bits per heavy atom. The van der Waals surface area contributed by atoms with Crippen LogP contribution in [0, 0.1) is 6.92 Å². The fourth-order valence-corrected chi connectivity index (χ4v) is 2.38. The van der Waals surface area contributed by atoms with Crippen LogP contribution in [0.2, 0.25) is 5.02 Å². The molecule has 7 heteroatoms. The van der Waals surface area contributed by atoms with Crippen LogP contribution in [0.15, 0.2) is 41.7 Å². The monoisotopic (exact) mass is 461 g/mol. The van der Waals surface area contributed by atoms with Crippen molar-refractivity contribution >= 4 is 41.5 Å². The second-order valence-corrected chi connectivity index (χ2v) is 5.94. The fraction of sp³-hybridized carbons (Fsp3) is 0.412.